The molecule has 2 rings (SSSR count). The molecule has 0 bridgehead atoms. The van der Waals surface area contributed by atoms with Crippen molar-refractivity contribution in [1.82, 2.24) is 4.31 Å². The van der Waals surface area contributed by atoms with E-state index in [1.54, 1.807) is 0 Å². The molecule has 1 aliphatic carbocycles. The van der Waals surface area contributed by atoms with Crippen LogP contribution in [-0.4, -0.2) is 26.3 Å². The summed E-state index contributed by atoms with van der Waals surface area (Å²) in [6.45, 7) is 0.328. The quantitative estimate of drug-likeness (QED) is 0.781. The molecule has 0 saturated heterocycles. The Morgan fingerprint density at radius 3 is 2.50 bits per heavy atom. The summed E-state index contributed by atoms with van der Waals surface area (Å²) in [5, 5.41) is 0. The van der Waals surface area contributed by atoms with Gasteiger partial charge in [0.05, 0.1) is 0 Å². The Kier molecular flexibility index (Phi) is 4.66. The van der Waals surface area contributed by atoms with Gasteiger partial charge >= 0.3 is 0 Å². The third-order valence-electron chi connectivity index (χ3n) is 3.64. The Labute approximate surface area is 122 Å². The zero-order valence-electron chi connectivity index (χ0n) is 11.1. The highest BCUT2D eigenvalue weighted by Gasteiger charge is 2.30. The molecule has 0 unspecified atom stereocenters. The van der Waals surface area contributed by atoms with Crippen LogP contribution in [0.25, 0.3) is 0 Å². The van der Waals surface area contributed by atoms with Crippen molar-refractivity contribution in [3.05, 3.63) is 29.3 Å². The van der Waals surface area contributed by atoms with Crippen molar-refractivity contribution in [2.24, 2.45) is 5.92 Å². The van der Waals surface area contributed by atoms with E-state index in [9.17, 15) is 17.2 Å². The average Bonchev–Trinajstić information content (AvgIpc) is 2.36. The molecule has 3 nitrogen and oxygen atoms in total. The van der Waals surface area contributed by atoms with E-state index >= 15 is 0 Å². The van der Waals surface area contributed by atoms with Crippen LogP contribution in [0.2, 0.25) is 0 Å². The Hall–Kier alpha value is -0.720. The van der Waals surface area contributed by atoms with Crippen LogP contribution in [0, 0.1) is 17.6 Å². The van der Waals surface area contributed by atoms with Gasteiger partial charge in [-0.1, -0.05) is 6.42 Å². The molecule has 0 amide bonds. The lowest BCUT2D eigenvalue weighted by Gasteiger charge is -2.29. The van der Waals surface area contributed by atoms with E-state index in [0.29, 0.717) is 12.5 Å². The van der Waals surface area contributed by atoms with Gasteiger partial charge in [0, 0.05) is 19.5 Å². The smallest absolute Gasteiger partial charge is 0.207 e. The molecule has 20 heavy (non-hydrogen) atoms. The topological polar surface area (TPSA) is 37.4 Å². The first-order valence-corrected chi connectivity index (χ1v) is 8.34. The van der Waals surface area contributed by atoms with Crippen LogP contribution in [0.5, 0.6) is 0 Å². The van der Waals surface area contributed by atoms with Crippen molar-refractivity contribution in [2.45, 2.75) is 30.0 Å². The predicted molar refractivity (Wildman–Crippen MR) is 73.1 cm³/mol. The molecular weight excluding hydrogens is 308 g/mol. The third kappa shape index (κ3) is 2.97. The maximum atomic E-state index is 13.8. The Morgan fingerprint density at radius 2 is 2.00 bits per heavy atom. The van der Waals surface area contributed by atoms with Crippen molar-refractivity contribution in [3.63, 3.8) is 0 Å². The first-order chi connectivity index (χ1) is 9.36. The second-order valence-corrected chi connectivity index (χ2v) is 7.39. The Bertz CT molecular complexity index is 603. The summed E-state index contributed by atoms with van der Waals surface area (Å²) in [7, 11) is -2.65. The number of hydrogen-bond donors (Lipinski definition) is 0. The van der Waals surface area contributed by atoms with Crippen molar-refractivity contribution in [3.8, 4) is 0 Å². The molecule has 1 aromatic carbocycles. The fourth-order valence-electron chi connectivity index (χ4n) is 2.19. The van der Waals surface area contributed by atoms with Gasteiger partial charge in [-0.25, -0.2) is 21.5 Å². The van der Waals surface area contributed by atoms with E-state index in [2.05, 4.69) is 0 Å². The first kappa shape index (κ1) is 15.7. The summed E-state index contributed by atoms with van der Waals surface area (Å²) in [6, 6.07) is 2.01. The molecule has 1 aromatic rings. The van der Waals surface area contributed by atoms with Crippen LogP contribution >= 0.6 is 11.6 Å². The van der Waals surface area contributed by atoms with Crippen molar-refractivity contribution in [1.29, 1.82) is 0 Å². The molecular formula is C13H16ClF2NO2S. The molecule has 1 saturated carbocycles. The van der Waals surface area contributed by atoms with E-state index in [-0.39, 0.29) is 11.4 Å². The molecule has 1 fully saturated rings. The second kappa shape index (κ2) is 5.95. The first-order valence-electron chi connectivity index (χ1n) is 6.36. The largest absolute Gasteiger partial charge is 0.245 e. The van der Waals surface area contributed by atoms with E-state index < -0.39 is 26.6 Å². The van der Waals surface area contributed by atoms with E-state index in [1.807, 2.05) is 0 Å². The maximum absolute atomic E-state index is 13.8. The predicted octanol–water partition coefficient (Wildman–Crippen LogP) is 3.12. The maximum Gasteiger partial charge on any atom is 0.245 e. The summed E-state index contributed by atoms with van der Waals surface area (Å²) in [6.07, 6.45) is 3.03. The number of benzene rings is 1. The van der Waals surface area contributed by atoms with Crippen LogP contribution in [0.3, 0.4) is 0 Å². The highest BCUT2D eigenvalue weighted by molar-refractivity contribution is 7.89. The lowest BCUT2D eigenvalue weighted by atomic mass is 9.86. The van der Waals surface area contributed by atoms with Gasteiger partial charge < -0.3 is 0 Å². The van der Waals surface area contributed by atoms with Crippen LogP contribution in [0.15, 0.2) is 17.0 Å². The van der Waals surface area contributed by atoms with Gasteiger partial charge in [0.15, 0.2) is 11.6 Å². The lowest BCUT2D eigenvalue weighted by Crippen LogP contribution is -2.34. The second-order valence-electron chi connectivity index (χ2n) is 5.11. The van der Waals surface area contributed by atoms with Gasteiger partial charge in [-0.2, -0.15) is 0 Å². The normalized spacial score (nSPS) is 16.4. The minimum atomic E-state index is -4.04. The molecule has 0 radical (unpaired) electrons. The Balaban J connectivity index is 2.34. The highest BCUT2D eigenvalue weighted by atomic mass is 35.5. The third-order valence-corrected chi connectivity index (χ3v) is 5.77. The van der Waals surface area contributed by atoms with Crippen molar-refractivity contribution >= 4 is 21.6 Å². The zero-order chi connectivity index (χ0) is 14.9. The standard InChI is InChI=1S/C13H16ClF2NO2S/c1-17(8-9-3-2-4-9)20(18,19)12-6-10(7-14)5-11(15)13(12)16/h5-6,9H,2-4,7-8H2,1H3. The van der Waals surface area contributed by atoms with E-state index in [0.717, 1.165) is 35.7 Å². The van der Waals surface area contributed by atoms with Crippen molar-refractivity contribution in [2.75, 3.05) is 13.6 Å². The monoisotopic (exact) mass is 323 g/mol. The zero-order valence-corrected chi connectivity index (χ0v) is 12.6. The summed E-state index contributed by atoms with van der Waals surface area (Å²) in [5.41, 5.74) is 0.237. The lowest BCUT2D eigenvalue weighted by molar-refractivity contribution is 0.262. The summed E-state index contributed by atoms with van der Waals surface area (Å²) in [5.74, 6) is -2.32. The van der Waals surface area contributed by atoms with Crippen LogP contribution in [-0.2, 0) is 15.9 Å². The SMILES string of the molecule is CN(CC1CCC1)S(=O)(=O)c1cc(CCl)cc(F)c1F. The van der Waals surface area contributed by atoms with Crippen LogP contribution < -0.4 is 0 Å². The molecule has 0 aliphatic heterocycles. The van der Waals surface area contributed by atoms with Crippen molar-refractivity contribution < 1.29 is 17.2 Å². The molecule has 7 heteroatoms. The molecule has 0 heterocycles. The molecule has 0 atom stereocenters. The van der Waals surface area contributed by atoms with E-state index in [1.165, 1.54) is 7.05 Å². The number of rotatable bonds is 5. The van der Waals surface area contributed by atoms with Gasteiger partial charge in [-0.3, -0.25) is 0 Å². The molecule has 1 aliphatic rings. The van der Waals surface area contributed by atoms with E-state index in [4.69, 9.17) is 11.6 Å². The van der Waals surface area contributed by atoms with Gasteiger partial charge in [0.25, 0.3) is 0 Å². The van der Waals surface area contributed by atoms with Gasteiger partial charge in [0.2, 0.25) is 10.0 Å². The number of hydrogen-bond acceptors (Lipinski definition) is 2. The van der Waals surface area contributed by atoms with Gasteiger partial charge in [-0.05, 0) is 36.5 Å². The average molecular weight is 324 g/mol. The molecule has 0 spiro atoms. The van der Waals surface area contributed by atoms with Gasteiger partial charge in [0.1, 0.15) is 4.90 Å². The van der Waals surface area contributed by atoms with Gasteiger partial charge in [-0.15, -0.1) is 11.6 Å². The van der Waals surface area contributed by atoms with Crippen LogP contribution in [0.4, 0.5) is 8.78 Å². The molecule has 112 valence electrons. The van der Waals surface area contributed by atoms with Crippen LogP contribution in [0.1, 0.15) is 24.8 Å². The highest BCUT2D eigenvalue weighted by Crippen LogP contribution is 2.29. The fraction of sp³-hybridized carbons (Fsp3) is 0.538. The fourth-order valence-corrected chi connectivity index (χ4v) is 3.71. The molecule has 0 N–H and O–H groups in total. The Morgan fingerprint density at radius 1 is 1.35 bits per heavy atom. The number of halogens is 3. The minimum Gasteiger partial charge on any atom is -0.207 e. The minimum absolute atomic E-state index is 0.0773. The summed E-state index contributed by atoms with van der Waals surface area (Å²) in [4.78, 5) is -0.644. The summed E-state index contributed by atoms with van der Waals surface area (Å²) < 4.78 is 53.0. The molecule has 0 aromatic heterocycles. The number of alkyl halides is 1. The number of sulfonamides is 1. The number of nitrogens with zero attached hydrogens (tertiary/aromatic N) is 1. The summed E-state index contributed by atoms with van der Waals surface area (Å²) >= 11 is 5.57.